The van der Waals surface area contributed by atoms with Crippen LogP contribution in [0.15, 0.2) is 41.2 Å². The summed E-state index contributed by atoms with van der Waals surface area (Å²) in [6.07, 6.45) is -0.314. The molecule has 1 aromatic carbocycles. The van der Waals surface area contributed by atoms with Crippen molar-refractivity contribution in [2.75, 3.05) is 6.61 Å². The second-order valence-electron chi connectivity index (χ2n) is 7.90. The zero-order valence-electron chi connectivity index (χ0n) is 17.8. The fourth-order valence-electron chi connectivity index (χ4n) is 4.66. The van der Waals surface area contributed by atoms with Crippen molar-refractivity contribution in [3.8, 4) is 11.4 Å². The van der Waals surface area contributed by atoms with Crippen LogP contribution in [0.3, 0.4) is 0 Å². The summed E-state index contributed by atoms with van der Waals surface area (Å²) in [5.41, 5.74) is 2.75. The van der Waals surface area contributed by atoms with E-state index in [0.717, 1.165) is 22.2 Å². The zero-order valence-corrected chi connectivity index (χ0v) is 17.8. The smallest absolute Gasteiger partial charge is 0.343 e. The first kappa shape index (κ1) is 19.9. The molecule has 0 bridgehead atoms. The van der Waals surface area contributed by atoms with Crippen LogP contribution < -0.4 is 5.56 Å². The standard InChI is InChI=1S/C24H24N2O5/c1-4-24(31-14(3)29-5-2)18-11-20-21-16(10-15-8-6-7-9-19(15)25-21)12-26(20)22(27)17(18)13-30-23(24)28/h6-11,14H,4-5,12-13H2,1-3H3/t14?,24-/m0/s1. The van der Waals surface area contributed by atoms with E-state index in [1.165, 1.54) is 0 Å². The van der Waals surface area contributed by atoms with Gasteiger partial charge in [-0.15, -0.1) is 0 Å². The minimum absolute atomic E-state index is 0.0623. The third kappa shape index (κ3) is 2.91. The Labute approximate surface area is 179 Å². The van der Waals surface area contributed by atoms with Gasteiger partial charge < -0.3 is 18.8 Å². The first-order valence-electron chi connectivity index (χ1n) is 10.6. The molecule has 0 amide bonds. The van der Waals surface area contributed by atoms with E-state index >= 15 is 0 Å². The van der Waals surface area contributed by atoms with Crippen LogP contribution in [-0.4, -0.2) is 28.4 Å². The van der Waals surface area contributed by atoms with Gasteiger partial charge in [-0.2, -0.15) is 0 Å². The van der Waals surface area contributed by atoms with Crippen LogP contribution in [0, 0.1) is 0 Å². The Kier molecular flexibility index (Phi) is 4.68. The molecule has 3 aromatic rings. The van der Waals surface area contributed by atoms with Crippen LogP contribution >= 0.6 is 0 Å². The average molecular weight is 420 g/mol. The number of aromatic nitrogens is 2. The molecule has 0 radical (unpaired) electrons. The number of cyclic esters (lactones) is 1. The van der Waals surface area contributed by atoms with Crippen molar-refractivity contribution in [1.82, 2.24) is 9.55 Å². The third-order valence-electron chi connectivity index (χ3n) is 6.15. The van der Waals surface area contributed by atoms with Gasteiger partial charge in [0, 0.05) is 23.1 Å². The lowest BCUT2D eigenvalue weighted by Crippen LogP contribution is -2.48. The van der Waals surface area contributed by atoms with Gasteiger partial charge in [0.1, 0.15) is 6.61 Å². The summed E-state index contributed by atoms with van der Waals surface area (Å²) >= 11 is 0. The number of hydrogen-bond acceptors (Lipinski definition) is 6. The molecule has 2 atom stereocenters. The number of carbonyl (C=O) groups is 1. The first-order valence-corrected chi connectivity index (χ1v) is 10.6. The highest BCUT2D eigenvalue weighted by molar-refractivity contribution is 5.86. The molecule has 2 aliphatic rings. The number of ether oxygens (including phenoxy) is 3. The maximum absolute atomic E-state index is 13.4. The summed E-state index contributed by atoms with van der Waals surface area (Å²) in [6, 6.07) is 11.8. The second-order valence-corrected chi connectivity index (χ2v) is 7.90. The highest BCUT2D eigenvalue weighted by Crippen LogP contribution is 2.41. The summed E-state index contributed by atoms with van der Waals surface area (Å²) < 4.78 is 18.8. The van der Waals surface area contributed by atoms with Gasteiger partial charge in [0.15, 0.2) is 11.9 Å². The van der Waals surface area contributed by atoms with Gasteiger partial charge in [-0.25, -0.2) is 9.78 Å². The Hall–Kier alpha value is -3.03. The molecule has 4 heterocycles. The first-order chi connectivity index (χ1) is 15.0. The summed E-state index contributed by atoms with van der Waals surface area (Å²) in [4.78, 5) is 31.2. The summed E-state index contributed by atoms with van der Waals surface area (Å²) in [5.74, 6) is -0.497. The molecular weight excluding hydrogens is 396 g/mol. The van der Waals surface area contributed by atoms with Crippen molar-refractivity contribution in [2.45, 2.75) is 52.2 Å². The summed E-state index contributed by atoms with van der Waals surface area (Å²) in [7, 11) is 0. The van der Waals surface area contributed by atoms with Crippen molar-refractivity contribution < 1.29 is 19.0 Å². The molecule has 0 spiro atoms. The van der Waals surface area contributed by atoms with E-state index in [1.54, 1.807) is 11.5 Å². The number of rotatable bonds is 5. The van der Waals surface area contributed by atoms with Gasteiger partial charge in [-0.05, 0) is 38.5 Å². The number of nitrogens with zero attached hydrogens (tertiary/aromatic N) is 2. The molecule has 0 saturated heterocycles. The second kappa shape index (κ2) is 7.28. The van der Waals surface area contributed by atoms with E-state index in [4.69, 9.17) is 19.2 Å². The van der Waals surface area contributed by atoms with Crippen LogP contribution in [0.2, 0.25) is 0 Å². The molecule has 31 heavy (non-hydrogen) atoms. The normalized spacial score (nSPS) is 20.2. The monoisotopic (exact) mass is 420 g/mol. The van der Waals surface area contributed by atoms with Crippen molar-refractivity contribution in [1.29, 1.82) is 0 Å². The molecule has 2 aliphatic heterocycles. The molecule has 0 fully saturated rings. The SMILES string of the molecule is CCOC(C)O[C@]1(CC)C(=O)OCc2c1cc1n(c2=O)Cc2cc3ccccc3nc2-1. The number of esters is 1. The fraction of sp³-hybridized carbons (Fsp3) is 0.375. The van der Waals surface area contributed by atoms with Gasteiger partial charge in [-0.3, -0.25) is 4.79 Å². The van der Waals surface area contributed by atoms with Crippen LogP contribution in [0.1, 0.15) is 43.9 Å². The molecule has 7 nitrogen and oxygen atoms in total. The Morgan fingerprint density at radius 2 is 2.03 bits per heavy atom. The summed E-state index contributed by atoms with van der Waals surface area (Å²) in [5, 5.41) is 1.03. The molecule has 0 aliphatic carbocycles. The number of carbonyl (C=O) groups excluding carboxylic acids is 1. The average Bonchev–Trinajstić information content (AvgIpc) is 3.12. The Bertz CT molecular complexity index is 1260. The topological polar surface area (TPSA) is 79.7 Å². The number of benzene rings is 1. The van der Waals surface area contributed by atoms with Gasteiger partial charge in [0.25, 0.3) is 5.56 Å². The number of hydrogen-bond donors (Lipinski definition) is 0. The highest BCUT2D eigenvalue weighted by Gasteiger charge is 2.49. The Morgan fingerprint density at radius 3 is 2.81 bits per heavy atom. The predicted octanol–water partition coefficient (Wildman–Crippen LogP) is 3.49. The number of fused-ring (bicyclic) bond motifs is 5. The predicted molar refractivity (Wildman–Crippen MR) is 114 cm³/mol. The lowest BCUT2D eigenvalue weighted by atomic mass is 9.85. The largest absolute Gasteiger partial charge is 0.458 e. The highest BCUT2D eigenvalue weighted by atomic mass is 16.7. The zero-order chi connectivity index (χ0) is 21.8. The van der Waals surface area contributed by atoms with E-state index in [0.29, 0.717) is 36.4 Å². The molecule has 160 valence electrons. The van der Waals surface area contributed by atoms with Crippen LogP contribution in [0.5, 0.6) is 0 Å². The van der Waals surface area contributed by atoms with Gasteiger partial charge in [0.2, 0.25) is 0 Å². The molecule has 1 unspecified atom stereocenters. The van der Waals surface area contributed by atoms with Crippen molar-refractivity contribution in [2.24, 2.45) is 0 Å². The van der Waals surface area contributed by atoms with Crippen molar-refractivity contribution in [3.63, 3.8) is 0 Å². The Balaban J connectivity index is 1.72. The van der Waals surface area contributed by atoms with E-state index in [1.807, 2.05) is 44.2 Å². The van der Waals surface area contributed by atoms with Gasteiger partial charge >= 0.3 is 5.97 Å². The lowest BCUT2D eigenvalue weighted by Gasteiger charge is -2.37. The number of pyridine rings is 2. The van der Waals surface area contributed by atoms with E-state index in [9.17, 15) is 9.59 Å². The van der Waals surface area contributed by atoms with Gasteiger partial charge in [-0.1, -0.05) is 25.1 Å². The number of para-hydroxylation sites is 1. The lowest BCUT2D eigenvalue weighted by molar-refractivity contribution is -0.227. The van der Waals surface area contributed by atoms with Crippen molar-refractivity contribution in [3.05, 3.63) is 63.4 Å². The van der Waals surface area contributed by atoms with Crippen LogP contribution in [0.25, 0.3) is 22.3 Å². The minimum Gasteiger partial charge on any atom is -0.458 e. The van der Waals surface area contributed by atoms with E-state index in [2.05, 4.69) is 6.07 Å². The molecule has 7 heteroatoms. The van der Waals surface area contributed by atoms with E-state index in [-0.39, 0.29) is 12.2 Å². The fourth-order valence-corrected chi connectivity index (χ4v) is 4.66. The minimum atomic E-state index is -1.39. The van der Waals surface area contributed by atoms with Crippen LogP contribution in [0.4, 0.5) is 0 Å². The maximum Gasteiger partial charge on any atom is 0.343 e. The Morgan fingerprint density at radius 1 is 1.23 bits per heavy atom. The van der Waals surface area contributed by atoms with Crippen LogP contribution in [-0.2, 0) is 37.8 Å². The molecule has 0 saturated carbocycles. The summed E-state index contributed by atoms with van der Waals surface area (Å²) in [6.45, 7) is 6.27. The molecular formula is C24H24N2O5. The molecule has 2 aromatic heterocycles. The quantitative estimate of drug-likeness (QED) is 0.363. The third-order valence-corrected chi connectivity index (χ3v) is 6.15. The van der Waals surface area contributed by atoms with Gasteiger partial charge in [0.05, 0.1) is 29.0 Å². The van der Waals surface area contributed by atoms with E-state index < -0.39 is 17.9 Å². The maximum atomic E-state index is 13.4. The molecule has 5 rings (SSSR count). The molecule has 0 N–H and O–H groups in total. The van der Waals surface area contributed by atoms with Crippen molar-refractivity contribution >= 4 is 16.9 Å².